The van der Waals surface area contributed by atoms with Gasteiger partial charge in [-0.25, -0.2) is 0 Å². The minimum atomic E-state index is -0.461. The summed E-state index contributed by atoms with van der Waals surface area (Å²) in [6, 6.07) is 4.63. The Balaban J connectivity index is 2.82. The summed E-state index contributed by atoms with van der Waals surface area (Å²) in [4.78, 5) is 23.4. The Morgan fingerprint density at radius 2 is 2.12 bits per heavy atom. The van der Waals surface area contributed by atoms with Crippen molar-refractivity contribution in [3.8, 4) is 0 Å². The van der Waals surface area contributed by atoms with Crippen LogP contribution in [-0.4, -0.2) is 36.4 Å². The van der Waals surface area contributed by atoms with Crippen LogP contribution < -0.4 is 5.32 Å². The summed E-state index contributed by atoms with van der Waals surface area (Å²) in [6.45, 7) is 1.89. The van der Waals surface area contributed by atoms with E-state index < -0.39 is 4.92 Å². The lowest BCUT2D eigenvalue weighted by atomic mass is 10.2. The Kier molecular flexibility index (Phi) is 4.17. The number of amides is 1. The number of nitro benzene ring substituents is 1. The molecule has 1 aromatic rings. The van der Waals surface area contributed by atoms with Crippen molar-refractivity contribution >= 4 is 17.3 Å². The zero-order valence-electron chi connectivity index (χ0n) is 10.1. The maximum Gasteiger partial charge on any atom is 0.274 e. The van der Waals surface area contributed by atoms with Crippen LogP contribution in [0.1, 0.15) is 5.56 Å². The van der Waals surface area contributed by atoms with Crippen LogP contribution in [0.4, 0.5) is 11.4 Å². The van der Waals surface area contributed by atoms with E-state index in [1.807, 2.05) is 0 Å². The molecule has 0 atom stereocenters. The van der Waals surface area contributed by atoms with Gasteiger partial charge in [-0.2, -0.15) is 0 Å². The highest BCUT2D eigenvalue weighted by Crippen LogP contribution is 2.22. The van der Waals surface area contributed by atoms with Gasteiger partial charge < -0.3 is 10.2 Å². The molecule has 92 valence electrons. The molecule has 6 heteroatoms. The molecule has 1 amide bonds. The maximum atomic E-state index is 11.5. The molecule has 0 spiro atoms. The molecule has 0 saturated heterocycles. The molecule has 0 bridgehead atoms. The molecule has 6 nitrogen and oxygen atoms in total. The van der Waals surface area contributed by atoms with E-state index in [-0.39, 0.29) is 18.1 Å². The maximum absolute atomic E-state index is 11.5. The molecule has 0 radical (unpaired) electrons. The Bertz CT molecular complexity index is 444. The summed E-state index contributed by atoms with van der Waals surface area (Å²) >= 11 is 0. The largest absolute Gasteiger partial charge is 0.325 e. The zero-order chi connectivity index (χ0) is 13.0. The molecule has 0 aliphatic heterocycles. The summed E-state index contributed by atoms with van der Waals surface area (Å²) in [7, 11) is 3.55. The first-order valence-electron chi connectivity index (χ1n) is 5.10. The van der Waals surface area contributed by atoms with Crippen molar-refractivity contribution < 1.29 is 9.72 Å². The molecule has 1 aromatic carbocycles. The second-order valence-corrected chi connectivity index (χ2v) is 4.04. The summed E-state index contributed by atoms with van der Waals surface area (Å²) < 4.78 is 0. The Labute approximate surface area is 99.4 Å². The number of carbonyl (C=O) groups excluding carboxylic acids is 1. The van der Waals surface area contributed by atoms with Crippen molar-refractivity contribution in [3.63, 3.8) is 0 Å². The lowest BCUT2D eigenvalue weighted by Gasteiger charge is -2.10. The highest BCUT2D eigenvalue weighted by atomic mass is 16.6. The number of benzene rings is 1. The molecule has 0 aromatic heterocycles. The number of carbonyl (C=O) groups is 1. The van der Waals surface area contributed by atoms with Gasteiger partial charge in [0.1, 0.15) is 0 Å². The van der Waals surface area contributed by atoms with E-state index in [0.717, 1.165) is 0 Å². The van der Waals surface area contributed by atoms with Crippen molar-refractivity contribution in [2.24, 2.45) is 0 Å². The fraction of sp³-hybridized carbons (Fsp3) is 0.364. The van der Waals surface area contributed by atoms with Gasteiger partial charge in [0, 0.05) is 17.3 Å². The number of aryl methyl sites for hydroxylation is 1. The summed E-state index contributed by atoms with van der Waals surface area (Å²) in [6.07, 6.45) is 0. The first-order valence-corrected chi connectivity index (χ1v) is 5.10. The lowest BCUT2D eigenvalue weighted by Crippen LogP contribution is -2.27. The third-order valence-electron chi connectivity index (χ3n) is 2.15. The minimum Gasteiger partial charge on any atom is -0.325 e. The molecule has 0 aliphatic rings. The number of likely N-dealkylation sites (N-methyl/N-ethyl adjacent to an activating group) is 1. The van der Waals surface area contributed by atoms with E-state index in [4.69, 9.17) is 0 Å². The van der Waals surface area contributed by atoms with E-state index in [2.05, 4.69) is 5.32 Å². The average Bonchev–Trinajstić information content (AvgIpc) is 2.19. The van der Waals surface area contributed by atoms with Crippen LogP contribution >= 0.6 is 0 Å². The standard InChI is InChI=1S/C11H15N3O3/c1-8-4-5-9(6-10(8)14(16)17)12-11(15)7-13(2)3/h4-6H,7H2,1-3H3,(H,12,15). The van der Waals surface area contributed by atoms with Crippen LogP contribution in [0.15, 0.2) is 18.2 Å². The normalized spacial score (nSPS) is 10.4. The van der Waals surface area contributed by atoms with Crippen molar-refractivity contribution in [2.75, 3.05) is 26.0 Å². The van der Waals surface area contributed by atoms with Crippen LogP contribution in [-0.2, 0) is 4.79 Å². The predicted molar refractivity (Wildman–Crippen MR) is 65.0 cm³/mol. The Morgan fingerprint density at radius 3 is 2.65 bits per heavy atom. The minimum absolute atomic E-state index is 0.00709. The number of nitrogens with zero attached hydrogens (tertiary/aromatic N) is 2. The Hall–Kier alpha value is -1.95. The molecule has 0 saturated carbocycles. The summed E-state index contributed by atoms with van der Waals surface area (Å²) in [5, 5.41) is 13.3. The highest BCUT2D eigenvalue weighted by Gasteiger charge is 2.12. The topological polar surface area (TPSA) is 75.5 Å². The van der Waals surface area contributed by atoms with E-state index in [1.165, 1.54) is 6.07 Å². The van der Waals surface area contributed by atoms with Gasteiger partial charge in [-0.15, -0.1) is 0 Å². The smallest absolute Gasteiger partial charge is 0.274 e. The van der Waals surface area contributed by atoms with Gasteiger partial charge in [-0.05, 0) is 27.1 Å². The SMILES string of the molecule is Cc1ccc(NC(=O)CN(C)C)cc1[N+](=O)[O-]. The van der Waals surface area contributed by atoms with Crippen molar-refractivity contribution in [1.29, 1.82) is 0 Å². The van der Waals surface area contributed by atoms with Crippen LogP contribution in [0.25, 0.3) is 0 Å². The van der Waals surface area contributed by atoms with Crippen molar-refractivity contribution in [3.05, 3.63) is 33.9 Å². The number of hydrogen-bond donors (Lipinski definition) is 1. The first-order chi connectivity index (χ1) is 7.90. The summed E-state index contributed by atoms with van der Waals surface area (Å²) in [5.74, 6) is -0.201. The predicted octanol–water partition coefficient (Wildman–Crippen LogP) is 1.40. The molecule has 0 fully saturated rings. The van der Waals surface area contributed by atoms with Crippen molar-refractivity contribution in [1.82, 2.24) is 4.90 Å². The zero-order valence-corrected chi connectivity index (χ0v) is 10.1. The highest BCUT2D eigenvalue weighted by molar-refractivity contribution is 5.92. The number of anilines is 1. The molecule has 1 rings (SSSR count). The molecule has 0 heterocycles. The fourth-order valence-electron chi connectivity index (χ4n) is 1.37. The second kappa shape index (κ2) is 5.40. The Morgan fingerprint density at radius 1 is 1.47 bits per heavy atom. The molecular formula is C11H15N3O3. The van der Waals surface area contributed by atoms with Gasteiger partial charge in [0.15, 0.2) is 0 Å². The average molecular weight is 237 g/mol. The summed E-state index contributed by atoms with van der Waals surface area (Å²) in [5.41, 5.74) is 1.02. The monoisotopic (exact) mass is 237 g/mol. The van der Waals surface area contributed by atoms with Gasteiger partial charge in [0.05, 0.1) is 11.5 Å². The van der Waals surface area contributed by atoms with E-state index in [0.29, 0.717) is 11.3 Å². The molecule has 17 heavy (non-hydrogen) atoms. The number of nitro groups is 1. The molecule has 0 unspecified atom stereocenters. The van der Waals surface area contributed by atoms with Crippen LogP contribution in [0, 0.1) is 17.0 Å². The fourth-order valence-corrected chi connectivity index (χ4v) is 1.37. The lowest BCUT2D eigenvalue weighted by molar-refractivity contribution is -0.385. The first kappa shape index (κ1) is 13.1. The molecule has 1 N–H and O–H groups in total. The van der Waals surface area contributed by atoms with Gasteiger partial charge in [0.2, 0.25) is 5.91 Å². The molecule has 0 aliphatic carbocycles. The molecular weight excluding hydrogens is 222 g/mol. The van der Waals surface area contributed by atoms with Gasteiger partial charge in [-0.1, -0.05) is 6.07 Å². The van der Waals surface area contributed by atoms with E-state index >= 15 is 0 Å². The third-order valence-corrected chi connectivity index (χ3v) is 2.15. The van der Waals surface area contributed by atoms with Crippen LogP contribution in [0.3, 0.4) is 0 Å². The second-order valence-electron chi connectivity index (χ2n) is 4.04. The number of nitrogens with one attached hydrogen (secondary N) is 1. The number of hydrogen-bond acceptors (Lipinski definition) is 4. The van der Waals surface area contributed by atoms with E-state index in [9.17, 15) is 14.9 Å². The quantitative estimate of drug-likeness (QED) is 0.634. The van der Waals surface area contributed by atoms with E-state index in [1.54, 1.807) is 38.1 Å². The van der Waals surface area contributed by atoms with Gasteiger partial charge in [0.25, 0.3) is 5.69 Å². The van der Waals surface area contributed by atoms with Crippen molar-refractivity contribution in [2.45, 2.75) is 6.92 Å². The van der Waals surface area contributed by atoms with Gasteiger partial charge in [-0.3, -0.25) is 14.9 Å². The van der Waals surface area contributed by atoms with Gasteiger partial charge >= 0.3 is 0 Å². The third kappa shape index (κ3) is 3.84. The van der Waals surface area contributed by atoms with Crippen LogP contribution in [0.5, 0.6) is 0 Å². The number of rotatable bonds is 4. The van der Waals surface area contributed by atoms with Crippen LogP contribution in [0.2, 0.25) is 0 Å².